The van der Waals surface area contributed by atoms with Crippen molar-refractivity contribution in [2.45, 2.75) is 51.9 Å². The normalized spacial score (nSPS) is 26.0. The Balaban J connectivity index is 1.97. The molecule has 1 fully saturated rings. The minimum absolute atomic E-state index is 0.0131. The van der Waals surface area contributed by atoms with Gasteiger partial charge in [-0.15, -0.1) is 10.2 Å². The number of fused-ring (bicyclic) bond motifs is 1. The van der Waals surface area contributed by atoms with Crippen molar-refractivity contribution < 1.29 is 9.90 Å². The average Bonchev–Trinajstić information content (AvgIpc) is 3.10. The number of nitrogens with zero attached hydrogens (tertiary/aromatic N) is 4. The summed E-state index contributed by atoms with van der Waals surface area (Å²) < 4.78 is 1.78. The van der Waals surface area contributed by atoms with Gasteiger partial charge in [0.2, 0.25) is 4.96 Å². The van der Waals surface area contributed by atoms with Crippen LogP contribution in [0, 0.1) is 11.8 Å². The van der Waals surface area contributed by atoms with Crippen molar-refractivity contribution in [3.8, 4) is 0 Å². The molecule has 1 N–H and O–H groups in total. The second-order valence-electron chi connectivity index (χ2n) is 6.14. The molecule has 114 valence electrons. The van der Waals surface area contributed by atoms with Gasteiger partial charge in [-0.1, -0.05) is 38.5 Å². The number of rotatable bonds is 4. The molecule has 0 radical (unpaired) electrons. The summed E-state index contributed by atoms with van der Waals surface area (Å²) in [5, 5.41) is 23.3. The van der Waals surface area contributed by atoms with Gasteiger partial charge in [-0.3, -0.25) is 4.79 Å². The fourth-order valence-electron chi connectivity index (χ4n) is 3.18. The number of aromatic nitrogens is 4. The van der Waals surface area contributed by atoms with Crippen LogP contribution in [0.4, 0.5) is 0 Å². The molecule has 3 atom stereocenters. The zero-order chi connectivity index (χ0) is 15.1. The van der Waals surface area contributed by atoms with Gasteiger partial charge in [0.1, 0.15) is 5.01 Å². The lowest BCUT2D eigenvalue weighted by molar-refractivity contribution is -0.142. The highest BCUT2D eigenvalue weighted by Gasteiger charge is 2.41. The summed E-state index contributed by atoms with van der Waals surface area (Å²) in [5.41, 5.74) is 0. The van der Waals surface area contributed by atoms with Crippen molar-refractivity contribution in [3.05, 3.63) is 10.8 Å². The van der Waals surface area contributed by atoms with Crippen molar-refractivity contribution in [1.29, 1.82) is 0 Å². The van der Waals surface area contributed by atoms with E-state index in [1.165, 1.54) is 11.3 Å². The van der Waals surface area contributed by atoms with E-state index in [0.717, 1.165) is 35.1 Å². The van der Waals surface area contributed by atoms with E-state index in [4.69, 9.17) is 0 Å². The van der Waals surface area contributed by atoms with Crippen LogP contribution < -0.4 is 0 Å². The second-order valence-corrected chi connectivity index (χ2v) is 7.13. The average molecular weight is 308 g/mol. The van der Waals surface area contributed by atoms with Crippen LogP contribution in [-0.4, -0.2) is 30.9 Å². The molecule has 0 aromatic carbocycles. The van der Waals surface area contributed by atoms with Gasteiger partial charge in [-0.05, 0) is 18.8 Å². The molecule has 2 aromatic heterocycles. The molecule has 0 bridgehead atoms. The zero-order valence-electron chi connectivity index (χ0n) is 12.5. The molecule has 0 amide bonds. The molecule has 6 nitrogen and oxygen atoms in total. The highest BCUT2D eigenvalue weighted by atomic mass is 32.1. The van der Waals surface area contributed by atoms with Crippen LogP contribution in [0.1, 0.15) is 62.7 Å². The van der Waals surface area contributed by atoms with E-state index in [-0.39, 0.29) is 17.8 Å². The van der Waals surface area contributed by atoms with Crippen LogP contribution in [0.2, 0.25) is 0 Å². The van der Waals surface area contributed by atoms with E-state index >= 15 is 0 Å². The molecule has 7 heteroatoms. The molecule has 0 spiro atoms. The lowest BCUT2D eigenvalue weighted by Gasteiger charge is -2.11. The van der Waals surface area contributed by atoms with Crippen LogP contribution in [0.25, 0.3) is 4.96 Å². The first-order valence-corrected chi connectivity index (χ1v) is 8.27. The molecule has 3 rings (SSSR count). The summed E-state index contributed by atoms with van der Waals surface area (Å²) >= 11 is 1.48. The summed E-state index contributed by atoms with van der Waals surface area (Å²) in [4.78, 5) is 12.3. The van der Waals surface area contributed by atoms with Gasteiger partial charge >= 0.3 is 5.97 Å². The zero-order valence-corrected chi connectivity index (χ0v) is 13.3. The lowest BCUT2D eigenvalue weighted by Crippen LogP contribution is -2.17. The third-order valence-electron chi connectivity index (χ3n) is 4.42. The molecule has 1 saturated carbocycles. The first-order chi connectivity index (χ1) is 10.0. The molecule has 21 heavy (non-hydrogen) atoms. The monoisotopic (exact) mass is 308 g/mol. The standard InChI is InChI=1S/C14H20N4O2S/c1-4-8-5-9(10(6-8)13(19)20)12-17-18-11(7(2)3)15-16-14(18)21-12/h7-10H,4-6H2,1-3H3,(H,19,20). The topological polar surface area (TPSA) is 80.4 Å². The van der Waals surface area contributed by atoms with Gasteiger partial charge in [-0.25, -0.2) is 0 Å². The summed E-state index contributed by atoms with van der Waals surface area (Å²) in [6, 6.07) is 0. The number of aliphatic carboxylic acids is 1. The maximum atomic E-state index is 11.5. The van der Waals surface area contributed by atoms with Crippen molar-refractivity contribution in [1.82, 2.24) is 19.8 Å². The Bertz CT molecular complexity index is 663. The van der Waals surface area contributed by atoms with Gasteiger partial charge in [-0.2, -0.15) is 9.61 Å². The molecular formula is C14H20N4O2S. The smallest absolute Gasteiger partial charge is 0.307 e. The van der Waals surface area contributed by atoms with Crippen LogP contribution in [0.15, 0.2) is 0 Å². The number of carboxylic acids is 1. The number of hydrogen-bond acceptors (Lipinski definition) is 5. The second kappa shape index (κ2) is 5.36. The predicted molar refractivity (Wildman–Crippen MR) is 79.6 cm³/mol. The first-order valence-electron chi connectivity index (χ1n) is 7.46. The van der Waals surface area contributed by atoms with Crippen molar-refractivity contribution in [2.24, 2.45) is 11.8 Å². The fraction of sp³-hybridized carbons (Fsp3) is 0.714. The van der Waals surface area contributed by atoms with Gasteiger partial charge in [0.25, 0.3) is 0 Å². The fourth-order valence-corrected chi connectivity index (χ4v) is 4.20. The minimum atomic E-state index is -0.703. The summed E-state index contributed by atoms with van der Waals surface area (Å²) in [6.45, 7) is 6.23. The maximum absolute atomic E-state index is 11.5. The molecule has 1 aliphatic rings. The van der Waals surface area contributed by atoms with Gasteiger partial charge < -0.3 is 5.11 Å². The number of carboxylic acid groups (broad SMARTS) is 1. The third-order valence-corrected chi connectivity index (χ3v) is 5.45. The van der Waals surface area contributed by atoms with Crippen molar-refractivity contribution in [3.63, 3.8) is 0 Å². The molecule has 3 unspecified atom stereocenters. The van der Waals surface area contributed by atoms with Gasteiger partial charge in [0.05, 0.1) is 5.92 Å². The van der Waals surface area contributed by atoms with Crippen LogP contribution in [0.5, 0.6) is 0 Å². The molecule has 1 aliphatic carbocycles. The SMILES string of the molecule is CCC1CC(C(=O)O)C(c2nn3c(C(C)C)nnc3s2)C1. The minimum Gasteiger partial charge on any atom is -0.481 e. The van der Waals surface area contributed by atoms with Crippen molar-refractivity contribution in [2.75, 3.05) is 0 Å². The maximum Gasteiger partial charge on any atom is 0.307 e. The van der Waals surface area contributed by atoms with E-state index in [9.17, 15) is 9.90 Å². The van der Waals surface area contributed by atoms with Gasteiger partial charge in [0.15, 0.2) is 5.82 Å². The largest absolute Gasteiger partial charge is 0.481 e. The predicted octanol–water partition coefficient (Wildman–Crippen LogP) is 2.91. The Morgan fingerprint density at radius 1 is 1.43 bits per heavy atom. The van der Waals surface area contributed by atoms with E-state index in [1.54, 1.807) is 4.52 Å². The number of carbonyl (C=O) groups is 1. The Morgan fingerprint density at radius 3 is 2.81 bits per heavy atom. The summed E-state index contributed by atoms with van der Waals surface area (Å²) in [5.74, 6) is 0.558. The molecule has 2 aromatic rings. The van der Waals surface area contributed by atoms with E-state index < -0.39 is 5.97 Å². The lowest BCUT2D eigenvalue weighted by atomic mass is 9.97. The molecular weight excluding hydrogens is 288 g/mol. The van der Waals surface area contributed by atoms with Crippen molar-refractivity contribution >= 4 is 22.3 Å². The van der Waals surface area contributed by atoms with Crippen LogP contribution in [0.3, 0.4) is 0 Å². The molecule has 0 saturated heterocycles. The van der Waals surface area contributed by atoms with Gasteiger partial charge in [0, 0.05) is 11.8 Å². The van der Waals surface area contributed by atoms with E-state index in [0.29, 0.717) is 5.92 Å². The summed E-state index contributed by atoms with van der Waals surface area (Å²) in [7, 11) is 0. The Morgan fingerprint density at radius 2 is 2.19 bits per heavy atom. The quantitative estimate of drug-likeness (QED) is 0.939. The highest BCUT2D eigenvalue weighted by molar-refractivity contribution is 7.16. The van der Waals surface area contributed by atoms with E-state index in [2.05, 4.69) is 36.1 Å². The molecule has 2 heterocycles. The molecule has 0 aliphatic heterocycles. The Kier molecular flexibility index (Phi) is 3.69. The Labute approximate surface area is 127 Å². The third kappa shape index (κ3) is 2.43. The highest BCUT2D eigenvalue weighted by Crippen LogP contribution is 2.45. The first kappa shape index (κ1) is 14.4. The Hall–Kier alpha value is -1.50. The van der Waals surface area contributed by atoms with E-state index in [1.807, 2.05) is 0 Å². The number of hydrogen-bond donors (Lipinski definition) is 1. The van der Waals surface area contributed by atoms with Crippen LogP contribution >= 0.6 is 11.3 Å². The van der Waals surface area contributed by atoms with Crippen LogP contribution in [-0.2, 0) is 4.79 Å². The summed E-state index contributed by atoms with van der Waals surface area (Å²) in [6.07, 6.45) is 2.70.